The third-order valence-corrected chi connectivity index (χ3v) is 5.30. The summed E-state index contributed by atoms with van der Waals surface area (Å²) in [5, 5.41) is 6.39. The molecule has 2 aliphatic rings. The molecule has 1 atom stereocenters. The molecule has 0 radical (unpaired) electrons. The Morgan fingerprint density at radius 2 is 1.89 bits per heavy atom. The number of anilines is 1. The first-order chi connectivity index (χ1) is 13.3. The van der Waals surface area contributed by atoms with Crippen molar-refractivity contribution >= 4 is 11.6 Å². The number of rotatable bonds is 5. The molecule has 27 heavy (non-hydrogen) atoms. The van der Waals surface area contributed by atoms with E-state index < -0.39 is 0 Å². The van der Waals surface area contributed by atoms with Gasteiger partial charge in [0.05, 0.1) is 6.10 Å². The number of carbonyl (C=O) groups is 1. The summed E-state index contributed by atoms with van der Waals surface area (Å²) in [6.07, 6.45) is 2.27. The Bertz CT molecular complexity index is 781. The molecule has 2 aliphatic heterocycles. The lowest BCUT2D eigenvalue weighted by Gasteiger charge is -2.29. The van der Waals surface area contributed by atoms with Crippen LogP contribution in [0.4, 0.5) is 5.69 Å². The van der Waals surface area contributed by atoms with Crippen LogP contribution in [0.3, 0.4) is 0 Å². The highest BCUT2D eigenvalue weighted by molar-refractivity contribution is 5.95. The second kappa shape index (κ2) is 8.55. The molecule has 2 heterocycles. The van der Waals surface area contributed by atoms with E-state index in [0.717, 1.165) is 56.8 Å². The highest BCUT2D eigenvalue weighted by atomic mass is 16.5. The van der Waals surface area contributed by atoms with Crippen LogP contribution >= 0.6 is 0 Å². The number of amides is 1. The molecule has 2 aromatic rings. The second-order valence-corrected chi connectivity index (χ2v) is 7.21. The zero-order valence-electron chi connectivity index (χ0n) is 15.6. The SMILES string of the molecule is O=C(NCC1CCCO1)c1cccc(-c2cccc(N3CCNCC3)c2)c1. The average molecular weight is 365 g/mol. The normalized spacial score (nSPS) is 19.9. The first-order valence-corrected chi connectivity index (χ1v) is 9.85. The van der Waals surface area contributed by atoms with Gasteiger partial charge in [0.2, 0.25) is 0 Å². The van der Waals surface area contributed by atoms with Crippen molar-refractivity contribution < 1.29 is 9.53 Å². The van der Waals surface area contributed by atoms with Gasteiger partial charge in [-0.1, -0.05) is 24.3 Å². The highest BCUT2D eigenvalue weighted by Gasteiger charge is 2.17. The van der Waals surface area contributed by atoms with Gasteiger partial charge in [-0.2, -0.15) is 0 Å². The van der Waals surface area contributed by atoms with Gasteiger partial charge in [0, 0.05) is 50.6 Å². The van der Waals surface area contributed by atoms with E-state index in [1.54, 1.807) is 0 Å². The molecule has 2 fully saturated rings. The molecule has 1 amide bonds. The standard InChI is InChI=1S/C22H27N3O2/c26-22(24-16-21-8-3-13-27-21)19-6-1-4-17(14-19)18-5-2-7-20(15-18)25-11-9-23-10-12-25/h1-2,4-7,14-15,21,23H,3,8-13,16H2,(H,24,26). The Morgan fingerprint density at radius 1 is 1.11 bits per heavy atom. The van der Waals surface area contributed by atoms with Crippen molar-refractivity contribution in [2.24, 2.45) is 0 Å². The third-order valence-electron chi connectivity index (χ3n) is 5.30. The van der Waals surface area contributed by atoms with Gasteiger partial charge in [0.1, 0.15) is 0 Å². The summed E-state index contributed by atoms with van der Waals surface area (Å²) in [5.74, 6) is -0.0365. The number of benzene rings is 2. The zero-order valence-corrected chi connectivity index (χ0v) is 15.6. The Kier molecular flexibility index (Phi) is 5.70. The van der Waals surface area contributed by atoms with Crippen LogP contribution in [0.15, 0.2) is 48.5 Å². The molecular formula is C22H27N3O2. The number of nitrogens with one attached hydrogen (secondary N) is 2. The summed E-state index contributed by atoms with van der Waals surface area (Å²) in [4.78, 5) is 14.9. The van der Waals surface area contributed by atoms with Crippen LogP contribution < -0.4 is 15.5 Å². The topological polar surface area (TPSA) is 53.6 Å². The molecule has 2 aromatic carbocycles. The van der Waals surface area contributed by atoms with E-state index in [4.69, 9.17) is 4.74 Å². The van der Waals surface area contributed by atoms with Crippen LogP contribution in [0.1, 0.15) is 23.2 Å². The van der Waals surface area contributed by atoms with Gasteiger partial charge < -0.3 is 20.3 Å². The summed E-state index contributed by atoms with van der Waals surface area (Å²) < 4.78 is 5.58. The van der Waals surface area contributed by atoms with Crippen molar-refractivity contribution in [2.75, 3.05) is 44.2 Å². The molecule has 2 saturated heterocycles. The van der Waals surface area contributed by atoms with E-state index in [2.05, 4.69) is 45.9 Å². The van der Waals surface area contributed by atoms with Gasteiger partial charge >= 0.3 is 0 Å². The van der Waals surface area contributed by atoms with E-state index in [1.165, 1.54) is 5.69 Å². The quantitative estimate of drug-likeness (QED) is 0.855. The molecule has 5 nitrogen and oxygen atoms in total. The molecule has 4 rings (SSSR count). The van der Waals surface area contributed by atoms with E-state index in [1.807, 2.05) is 18.2 Å². The summed E-state index contributed by atoms with van der Waals surface area (Å²) in [6, 6.07) is 16.4. The third kappa shape index (κ3) is 4.49. The van der Waals surface area contributed by atoms with E-state index in [0.29, 0.717) is 12.1 Å². The van der Waals surface area contributed by atoms with Gasteiger partial charge in [0.25, 0.3) is 5.91 Å². The number of hydrogen-bond acceptors (Lipinski definition) is 4. The van der Waals surface area contributed by atoms with Crippen LogP contribution in [-0.4, -0.2) is 51.3 Å². The predicted molar refractivity (Wildman–Crippen MR) is 108 cm³/mol. The number of carbonyl (C=O) groups excluding carboxylic acids is 1. The van der Waals surface area contributed by atoms with Crippen LogP contribution in [0.2, 0.25) is 0 Å². The molecule has 0 saturated carbocycles. The van der Waals surface area contributed by atoms with Crippen molar-refractivity contribution in [3.63, 3.8) is 0 Å². The van der Waals surface area contributed by atoms with Gasteiger partial charge in [-0.15, -0.1) is 0 Å². The lowest BCUT2D eigenvalue weighted by atomic mass is 10.0. The van der Waals surface area contributed by atoms with Crippen molar-refractivity contribution in [1.29, 1.82) is 0 Å². The number of nitrogens with zero attached hydrogens (tertiary/aromatic N) is 1. The van der Waals surface area contributed by atoms with Crippen LogP contribution in [0, 0.1) is 0 Å². The first-order valence-electron chi connectivity index (χ1n) is 9.85. The minimum absolute atomic E-state index is 0.0365. The maximum atomic E-state index is 12.5. The Balaban J connectivity index is 1.47. The fourth-order valence-electron chi connectivity index (χ4n) is 3.76. The van der Waals surface area contributed by atoms with Crippen molar-refractivity contribution in [3.8, 4) is 11.1 Å². The molecule has 0 bridgehead atoms. The van der Waals surface area contributed by atoms with Gasteiger partial charge in [-0.3, -0.25) is 4.79 Å². The average Bonchev–Trinajstić information content (AvgIpc) is 3.26. The fourth-order valence-corrected chi connectivity index (χ4v) is 3.76. The largest absolute Gasteiger partial charge is 0.376 e. The van der Waals surface area contributed by atoms with Crippen LogP contribution in [0.25, 0.3) is 11.1 Å². The molecule has 5 heteroatoms. The molecule has 142 valence electrons. The lowest BCUT2D eigenvalue weighted by molar-refractivity contribution is 0.0858. The zero-order chi connectivity index (χ0) is 18.5. The van der Waals surface area contributed by atoms with Crippen molar-refractivity contribution in [3.05, 3.63) is 54.1 Å². The Morgan fingerprint density at radius 3 is 2.67 bits per heavy atom. The molecule has 1 unspecified atom stereocenters. The summed E-state index contributed by atoms with van der Waals surface area (Å²) >= 11 is 0. The monoisotopic (exact) mass is 365 g/mol. The lowest BCUT2D eigenvalue weighted by Crippen LogP contribution is -2.43. The molecule has 2 N–H and O–H groups in total. The molecule has 0 aliphatic carbocycles. The Hall–Kier alpha value is -2.37. The first kappa shape index (κ1) is 18.0. The molecule has 0 spiro atoms. The van der Waals surface area contributed by atoms with Crippen LogP contribution in [-0.2, 0) is 4.74 Å². The summed E-state index contributed by atoms with van der Waals surface area (Å²) in [5.41, 5.74) is 4.14. The summed E-state index contributed by atoms with van der Waals surface area (Å²) in [7, 11) is 0. The van der Waals surface area contributed by atoms with E-state index in [9.17, 15) is 4.79 Å². The number of hydrogen-bond donors (Lipinski definition) is 2. The predicted octanol–water partition coefficient (Wildman–Crippen LogP) is 2.67. The van der Waals surface area contributed by atoms with Crippen molar-refractivity contribution in [2.45, 2.75) is 18.9 Å². The second-order valence-electron chi connectivity index (χ2n) is 7.21. The van der Waals surface area contributed by atoms with Crippen LogP contribution in [0.5, 0.6) is 0 Å². The fraction of sp³-hybridized carbons (Fsp3) is 0.409. The highest BCUT2D eigenvalue weighted by Crippen LogP contribution is 2.26. The Labute approximate surface area is 160 Å². The van der Waals surface area contributed by atoms with E-state index >= 15 is 0 Å². The number of piperazine rings is 1. The summed E-state index contributed by atoms with van der Waals surface area (Å²) in [6.45, 7) is 5.47. The van der Waals surface area contributed by atoms with Gasteiger partial charge in [-0.25, -0.2) is 0 Å². The van der Waals surface area contributed by atoms with Crippen molar-refractivity contribution in [1.82, 2.24) is 10.6 Å². The maximum absolute atomic E-state index is 12.5. The molecular weight excluding hydrogens is 338 g/mol. The van der Waals surface area contributed by atoms with Gasteiger partial charge in [0.15, 0.2) is 0 Å². The van der Waals surface area contributed by atoms with Gasteiger partial charge in [-0.05, 0) is 48.2 Å². The minimum Gasteiger partial charge on any atom is -0.376 e. The number of ether oxygens (including phenoxy) is 1. The molecule has 0 aromatic heterocycles. The van der Waals surface area contributed by atoms with E-state index in [-0.39, 0.29) is 12.0 Å². The smallest absolute Gasteiger partial charge is 0.251 e. The maximum Gasteiger partial charge on any atom is 0.251 e. The minimum atomic E-state index is -0.0365.